The summed E-state index contributed by atoms with van der Waals surface area (Å²) in [5.41, 5.74) is 1.73. The number of esters is 1. The van der Waals surface area contributed by atoms with Gasteiger partial charge in [0, 0.05) is 13.5 Å². The van der Waals surface area contributed by atoms with Crippen LogP contribution in [-0.4, -0.2) is 32.3 Å². The van der Waals surface area contributed by atoms with Crippen LogP contribution in [0, 0.1) is 6.92 Å². The molecule has 0 aliphatic carbocycles. The van der Waals surface area contributed by atoms with Crippen LogP contribution in [0.15, 0.2) is 57.8 Å². The number of nitrogens with one attached hydrogen (secondary N) is 1. The Labute approximate surface area is 171 Å². The topological polar surface area (TPSA) is 112 Å². The van der Waals surface area contributed by atoms with E-state index in [1.807, 2.05) is 24.3 Å². The Morgan fingerprint density at radius 2 is 1.97 bits per heavy atom. The van der Waals surface area contributed by atoms with Crippen molar-refractivity contribution in [2.75, 3.05) is 6.61 Å². The molecule has 2 aromatic heterocycles. The van der Waals surface area contributed by atoms with Crippen LogP contribution in [0.5, 0.6) is 5.75 Å². The first-order valence-electron chi connectivity index (χ1n) is 9.47. The molecule has 30 heavy (non-hydrogen) atoms. The number of aryl methyl sites for hydroxylation is 2. The SMILES string of the molecule is Cc1nc(COc2ccccc2C(=O)OCCCn2c(=O)[nH]c3ccccc32)no1. The van der Waals surface area contributed by atoms with Crippen molar-refractivity contribution < 1.29 is 18.8 Å². The lowest BCUT2D eigenvalue weighted by Crippen LogP contribution is -2.18. The van der Waals surface area contributed by atoms with E-state index < -0.39 is 5.97 Å². The van der Waals surface area contributed by atoms with Gasteiger partial charge in [-0.25, -0.2) is 9.59 Å². The zero-order valence-corrected chi connectivity index (χ0v) is 16.3. The predicted molar refractivity (Wildman–Crippen MR) is 107 cm³/mol. The van der Waals surface area contributed by atoms with Gasteiger partial charge in [-0.05, 0) is 30.7 Å². The highest BCUT2D eigenvalue weighted by Crippen LogP contribution is 2.20. The second-order valence-corrected chi connectivity index (χ2v) is 6.60. The molecule has 4 aromatic rings. The van der Waals surface area contributed by atoms with Crippen molar-refractivity contribution in [2.24, 2.45) is 0 Å². The highest BCUT2D eigenvalue weighted by atomic mass is 16.5. The maximum Gasteiger partial charge on any atom is 0.341 e. The third-order valence-corrected chi connectivity index (χ3v) is 4.47. The van der Waals surface area contributed by atoms with Gasteiger partial charge in [0.1, 0.15) is 11.3 Å². The number of H-pyrrole nitrogens is 1. The smallest absolute Gasteiger partial charge is 0.341 e. The molecule has 0 aliphatic heterocycles. The molecular weight excluding hydrogens is 388 g/mol. The Hall–Kier alpha value is -3.88. The predicted octanol–water partition coefficient (Wildman–Crippen LogP) is 2.85. The number of hydrogen-bond acceptors (Lipinski definition) is 7. The summed E-state index contributed by atoms with van der Waals surface area (Å²) in [4.78, 5) is 31.5. The Kier molecular flexibility index (Phi) is 5.60. The molecule has 2 heterocycles. The lowest BCUT2D eigenvalue weighted by Gasteiger charge is -2.10. The Balaban J connectivity index is 1.34. The van der Waals surface area contributed by atoms with E-state index in [0.717, 1.165) is 11.0 Å². The van der Waals surface area contributed by atoms with Crippen molar-refractivity contribution in [1.82, 2.24) is 19.7 Å². The number of para-hydroxylation sites is 3. The second-order valence-electron chi connectivity index (χ2n) is 6.60. The van der Waals surface area contributed by atoms with Crippen molar-refractivity contribution >= 4 is 17.0 Å². The minimum absolute atomic E-state index is 0.0745. The zero-order chi connectivity index (χ0) is 20.9. The van der Waals surface area contributed by atoms with Crippen molar-refractivity contribution in [3.8, 4) is 5.75 Å². The molecule has 9 heteroatoms. The number of imidazole rings is 1. The third-order valence-electron chi connectivity index (χ3n) is 4.47. The van der Waals surface area contributed by atoms with E-state index >= 15 is 0 Å². The van der Waals surface area contributed by atoms with Gasteiger partial charge in [-0.2, -0.15) is 4.98 Å². The van der Waals surface area contributed by atoms with E-state index in [1.165, 1.54) is 0 Å². The van der Waals surface area contributed by atoms with Crippen LogP contribution in [0.2, 0.25) is 0 Å². The number of carbonyl (C=O) groups is 1. The van der Waals surface area contributed by atoms with Gasteiger partial charge in [0.25, 0.3) is 0 Å². The number of hydrogen-bond donors (Lipinski definition) is 1. The number of aromatic amines is 1. The van der Waals surface area contributed by atoms with Gasteiger partial charge in [0.15, 0.2) is 6.61 Å². The summed E-state index contributed by atoms with van der Waals surface area (Å²) in [6.07, 6.45) is 0.499. The molecule has 2 aromatic carbocycles. The third kappa shape index (κ3) is 4.24. The summed E-state index contributed by atoms with van der Waals surface area (Å²) < 4.78 is 17.6. The van der Waals surface area contributed by atoms with Crippen LogP contribution in [0.25, 0.3) is 11.0 Å². The van der Waals surface area contributed by atoms with E-state index in [9.17, 15) is 9.59 Å². The number of carbonyl (C=O) groups excluding carboxylic acids is 1. The van der Waals surface area contributed by atoms with E-state index in [4.69, 9.17) is 14.0 Å². The fourth-order valence-electron chi connectivity index (χ4n) is 3.10. The quantitative estimate of drug-likeness (QED) is 0.352. The van der Waals surface area contributed by atoms with Crippen LogP contribution in [-0.2, 0) is 17.9 Å². The van der Waals surface area contributed by atoms with Crippen molar-refractivity contribution in [3.63, 3.8) is 0 Å². The Morgan fingerprint density at radius 3 is 2.80 bits per heavy atom. The number of rotatable bonds is 8. The van der Waals surface area contributed by atoms with E-state index in [-0.39, 0.29) is 18.9 Å². The zero-order valence-electron chi connectivity index (χ0n) is 16.3. The Morgan fingerprint density at radius 1 is 1.17 bits per heavy atom. The maximum absolute atomic E-state index is 12.5. The molecule has 0 saturated heterocycles. The molecule has 0 aliphatic rings. The molecule has 0 radical (unpaired) electrons. The Bertz CT molecular complexity index is 1220. The summed E-state index contributed by atoms with van der Waals surface area (Å²) in [6, 6.07) is 14.3. The minimum Gasteiger partial charge on any atom is -0.485 e. The minimum atomic E-state index is -0.499. The van der Waals surface area contributed by atoms with Crippen LogP contribution in [0.4, 0.5) is 0 Å². The second kappa shape index (κ2) is 8.64. The van der Waals surface area contributed by atoms with Crippen LogP contribution >= 0.6 is 0 Å². The molecule has 0 unspecified atom stereocenters. The molecule has 0 fully saturated rings. The molecular formula is C21H20N4O5. The molecule has 0 bridgehead atoms. The van der Waals surface area contributed by atoms with Crippen molar-refractivity contribution in [1.29, 1.82) is 0 Å². The van der Waals surface area contributed by atoms with E-state index in [1.54, 1.807) is 35.8 Å². The van der Waals surface area contributed by atoms with Crippen molar-refractivity contribution in [2.45, 2.75) is 26.5 Å². The number of ether oxygens (including phenoxy) is 2. The largest absolute Gasteiger partial charge is 0.485 e. The number of benzene rings is 2. The number of fused-ring (bicyclic) bond motifs is 1. The summed E-state index contributed by atoms with van der Waals surface area (Å²) in [7, 11) is 0. The van der Waals surface area contributed by atoms with Gasteiger partial charge in [-0.3, -0.25) is 4.57 Å². The summed E-state index contributed by atoms with van der Waals surface area (Å²) in [5.74, 6) is 0.703. The average molecular weight is 408 g/mol. The normalized spacial score (nSPS) is 11.0. The number of aromatic nitrogens is 4. The van der Waals surface area contributed by atoms with E-state index in [0.29, 0.717) is 36.0 Å². The molecule has 154 valence electrons. The molecule has 0 saturated carbocycles. The molecule has 0 atom stereocenters. The first-order valence-corrected chi connectivity index (χ1v) is 9.47. The van der Waals surface area contributed by atoms with Gasteiger partial charge in [-0.1, -0.05) is 29.4 Å². The average Bonchev–Trinajstić information content (AvgIpc) is 3.32. The maximum atomic E-state index is 12.5. The van der Waals surface area contributed by atoms with Crippen LogP contribution < -0.4 is 10.4 Å². The first kappa shape index (κ1) is 19.4. The van der Waals surface area contributed by atoms with Gasteiger partial charge in [0.2, 0.25) is 11.7 Å². The highest BCUT2D eigenvalue weighted by Gasteiger charge is 2.15. The molecule has 0 spiro atoms. The van der Waals surface area contributed by atoms with Gasteiger partial charge in [-0.15, -0.1) is 0 Å². The molecule has 9 nitrogen and oxygen atoms in total. The van der Waals surface area contributed by atoms with Gasteiger partial charge in [0.05, 0.1) is 17.6 Å². The van der Waals surface area contributed by atoms with Crippen LogP contribution in [0.3, 0.4) is 0 Å². The molecule has 0 amide bonds. The first-order chi connectivity index (χ1) is 14.6. The fourth-order valence-corrected chi connectivity index (χ4v) is 3.10. The standard InChI is InChI=1S/C21H20N4O5/c1-14-22-19(24-30-14)13-29-18-10-5-2-7-15(18)20(26)28-12-6-11-25-17-9-4-3-8-16(17)23-21(25)27/h2-5,7-10H,6,11-13H2,1H3,(H,23,27). The van der Waals surface area contributed by atoms with Crippen molar-refractivity contribution in [3.05, 3.63) is 76.3 Å². The lowest BCUT2D eigenvalue weighted by atomic mass is 10.2. The van der Waals surface area contributed by atoms with Crippen LogP contribution in [0.1, 0.15) is 28.5 Å². The highest BCUT2D eigenvalue weighted by molar-refractivity contribution is 5.92. The summed E-state index contributed by atoms with van der Waals surface area (Å²) in [6.45, 7) is 2.37. The van der Waals surface area contributed by atoms with Gasteiger partial charge < -0.3 is 19.0 Å². The lowest BCUT2D eigenvalue weighted by molar-refractivity contribution is 0.0491. The summed E-state index contributed by atoms with van der Waals surface area (Å²) in [5, 5.41) is 3.76. The fraction of sp³-hybridized carbons (Fsp3) is 0.238. The summed E-state index contributed by atoms with van der Waals surface area (Å²) >= 11 is 0. The monoisotopic (exact) mass is 408 g/mol. The molecule has 4 rings (SSSR count). The number of nitrogens with zero attached hydrogens (tertiary/aromatic N) is 3. The molecule has 1 N–H and O–H groups in total. The van der Waals surface area contributed by atoms with Gasteiger partial charge >= 0.3 is 11.7 Å². The van der Waals surface area contributed by atoms with E-state index in [2.05, 4.69) is 15.1 Å².